The molecule has 0 radical (unpaired) electrons. The second-order valence-electron chi connectivity index (χ2n) is 6.34. The SMILES string of the molecule is CC1(C)CCc2nc(CN3CCNCC3)sc2C1. The third kappa shape index (κ3) is 2.76. The Morgan fingerprint density at radius 2 is 2.11 bits per heavy atom. The van der Waals surface area contributed by atoms with Crippen LogP contribution in [0.3, 0.4) is 0 Å². The molecule has 1 fully saturated rings. The van der Waals surface area contributed by atoms with E-state index in [1.54, 1.807) is 4.88 Å². The van der Waals surface area contributed by atoms with Crippen molar-refractivity contribution in [1.29, 1.82) is 0 Å². The second kappa shape index (κ2) is 4.91. The molecule has 0 unspecified atom stereocenters. The number of nitrogens with zero attached hydrogens (tertiary/aromatic N) is 2. The van der Waals surface area contributed by atoms with Gasteiger partial charge >= 0.3 is 0 Å². The molecule has 3 nitrogen and oxygen atoms in total. The van der Waals surface area contributed by atoms with E-state index in [-0.39, 0.29) is 0 Å². The normalized spacial score (nSPS) is 23.9. The highest BCUT2D eigenvalue weighted by Crippen LogP contribution is 2.37. The van der Waals surface area contributed by atoms with Crippen LogP contribution in [0.2, 0.25) is 0 Å². The summed E-state index contributed by atoms with van der Waals surface area (Å²) in [6.07, 6.45) is 3.69. The molecule has 1 N–H and O–H groups in total. The lowest BCUT2D eigenvalue weighted by atomic mass is 9.79. The molecule has 3 rings (SSSR count). The maximum Gasteiger partial charge on any atom is 0.107 e. The van der Waals surface area contributed by atoms with E-state index in [0.29, 0.717) is 5.41 Å². The first-order valence-corrected chi connectivity index (χ1v) is 7.85. The van der Waals surface area contributed by atoms with Crippen molar-refractivity contribution in [3.8, 4) is 0 Å². The van der Waals surface area contributed by atoms with Crippen LogP contribution in [0, 0.1) is 5.41 Å². The molecular formula is C14H23N3S. The van der Waals surface area contributed by atoms with Crippen LogP contribution in [0.1, 0.15) is 35.8 Å². The minimum absolute atomic E-state index is 0.478. The third-order valence-electron chi connectivity index (χ3n) is 4.07. The number of hydrogen-bond donors (Lipinski definition) is 1. The van der Waals surface area contributed by atoms with E-state index in [2.05, 4.69) is 24.1 Å². The number of aromatic nitrogens is 1. The van der Waals surface area contributed by atoms with E-state index in [1.165, 1.54) is 30.0 Å². The molecule has 1 aromatic heterocycles. The van der Waals surface area contributed by atoms with Crippen LogP contribution < -0.4 is 5.32 Å². The zero-order valence-corrected chi connectivity index (χ0v) is 12.3. The van der Waals surface area contributed by atoms with Crippen molar-refractivity contribution in [2.24, 2.45) is 5.41 Å². The average Bonchev–Trinajstić information content (AvgIpc) is 2.70. The minimum atomic E-state index is 0.478. The Hall–Kier alpha value is -0.450. The Labute approximate surface area is 114 Å². The molecule has 0 atom stereocenters. The summed E-state index contributed by atoms with van der Waals surface area (Å²) in [7, 11) is 0. The quantitative estimate of drug-likeness (QED) is 0.887. The van der Waals surface area contributed by atoms with Crippen LogP contribution in [0.5, 0.6) is 0 Å². The summed E-state index contributed by atoms with van der Waals surface area (Å²) in [6, 6.07) is 0. The van der Waals surface area contributed by atoms with Gasteiger partial charge in [-0.3, -0.25) is 4.90 Å². The molecule has 0 bridgehead atoms. The number of rotatable bonds is 2. The Morgan fingerprint density at radius 3 is 2.89 bits per heavy atom. The molecule has 0 aromatic carbocycles. The molecule has 1 aliphatic carbocycles. The van der Waals surface area contributed by atoms with E-state index in [4.69, 9.17) is 4.98 Å². The van der Waals surface area contributed by atoms with Crippen LogP contribution in [-0.2, 0) is 19.4 Å². The lowest BCUT2D eigenvalue weighted by molar-refractivity contribution is 0.233. The number of fused-ring (bicyclic) bond motifs is 1. The van der Waals surface area contributed by atoms with Gasteiger partial charge in [0.05, 0.1) is 12.2 Å². The van der Waals surface area contributed by atoms with Gasteiger partial charge in [-0.2, -0.15) is 0 Å². The Morgan fingerprint density at radius 1 is 1.33 bits per heavy atom. The van der Waals surface area contributed by atoms with Crippen LogP contribution in [0.15, 0.2) is 0 Å². The summed E-state index contributed by atoms with van der Waals surface area (Å²) in [5, 5.41) is 4.73. The summed E-state index contributed by atoms with van der Waals surface area (Å²) in [4.78, 5) is 8.94. The molecule has 18 heavy (non-hydrogen) atoms. The van der Waals surface area contributed by atoms with E-state index in [9.17, 15) is 0 Å². The average molecular weight is 265 g/mol. The monoisotopic (exact) mass is 265 g/mol. The van der Waals surface area contributed by atoms with Crippen molar-refractivity contribution in [2.75, 3.05) is 26.2 Å². The van der Waals surface area contributed by atoms with E-state index in [1.807, 2.05) is 11.3 Å². The topological polar surface area (TPSA) is 28.2 Å². The lowest BCUT2D eigenvalue weighted by Crippen LogP contribution is -2.42. The van der Waals surface area contributed by atoms with Gasteiger partial charge in [0.1, 0.15) is 5.01 Å². The van der Waals surface area contributed by atoms with Crippen molar-refractivity contribution in [1.82, 2.24) is 15.2 Å². The largest absolute Gasteiger partial charge is 0.314 e. The first kappa shape index (κ1) is 12.6. The molecule has 1 aliphatic heterocycles. The van der Waals surface area contributed by atoms with E-state index < -0.39 is 0 Å². The number of piperazine rings is 1. The van der Waals surface area contributed by atoms with Crippen LogP contribution in [0.4, 0.5) is 0 Å². The summed E-state index contributed by atoms with van der Waals surface area (Å²) >= 11 is 1.96. The van der Waals surface area contributed by atoms with Crippen molar-refractivity contribution < 1.29 is 0 Å². The van der Waals surface area contributed by atoms with Gasteiger partial charge in [-0.05, 0) is 24.7 Å². The van der Waals surface area contributed by atoms with E-state index in [0.717, 1.165) is 32.7 Å². The molecule has 1 saturated heterocycles. The predicted molar refractivity (Wildman–Crippen MR) is 76.1 cm³/mol. The fourth-order valence-electron chi connectivity index (χ4n) is 2.88. The number of hydrogen-bond acceptors (Lipinski definition) is 4. The van der Waals surface area contributed by atoms with Gasteiger partial charge in [0, 0.05) is 31.1 Å². The lowest BCUT2D eigenvalue weighted by Gasteiger charge is -2.28. The fraction of sp³-hybridized carbons (Fsp3) is 0.786. The Kier molecular flexibility index (Phi) is 3.43. The molecule has 2 heterocycles. The van der Waals surface area contributed by atoms with E-state index >= 15 is 0 Å². The fourth-order valence-corrected chi connectivity index (χ4v) is 4.29. The third-order valence-corrected chi connectivity index (χ3v) is 5.15. The van der Waals surface area contributed by atoms with Crippen molar-refractivity contribution in [2.45, 2.75) is 39.7 Å². The van der Waals surface area contributed by atoms with Crippen LogP contribution in [-0.4, -0.2) is 36.1 Å². The molecule has 1 aromatic rings. The molecule has 0 spiro atoms. The smallest absolute Gasteiger partial charge is 0.107 e. The Balaban J connectivity index is 1.69. The summed E-state index contributed by atoms with van der Waals surface area (Å²) in [5.74, 6) is 0. The van der Waals surface area contributed by atoms with Crippen molar-refractivity contribution >= 4 is 11.3 Å². The number of thiazole rings is 1. The van der Waals surface area contributed by atoms with Gasteiger partial charge in [0.25, 0.3) is 0 Å². The maximum atomic E-state index is 4.87. The first-order valence-electron chi connectivity index (χ1n) is 7.03. The number of nitrogens with one attached hydrogen (secondary N) is 1. The van der Waals surface area contributed by atoms with Gasteiger partial charge < -0.3 is 5.32 Å². The van der Waals surface area contributed by atoms with Gasteiger partial charge in [0.15, 0.2) is 0 Å². The molecule has 0 saturated carbocycles. The highest BCUT2D eigenvalue weighted by atomic mass is 32.1. The highest BCUT2D eigenvalue weighted by molar-refractivity contribution is 7.11. The van der Waals surface area contributed by atoms with Crippen molar-refractivity contribution in [3.05, 3.63) is 15.6 Å². The summed E-state index contributed by atoms with van der Waals surface area (Å²) < 4.78 is 0. The summed E-state index contributed by atoms with van der Waals surface area (Å²) in [5.41, 5.74) is 1.87. The molecular weight excluding hydrogens is 242 g/mol. The first-order chi connectivity index (χ1) is 8.62. The van der Waals surface area contributed by atoms with Gasteiger partial charge in [0.2, 0.25) is 0 Å². The van der Waals surface area contributed by atoms with Gasteiger partial charge in [-0.1, -0.05) is 13.8 Å². The second-order valence-corrected chi connectivity index (χ2v) is 7.51. The molecule has 2 aliphatic rings. The van der Waals surface area contributed by atoms with Crippen LogP contribution in [0.25, 0.3) is 0 Å². The predicted octanol–water partition coefficient (Wildman–Crippen LogP) is 2.06. The van der Waals surface area contributed by atoms with Gasteiger partial charge in [-0.15, -0.1) is 11.3 Å². The molecule has 4 heteroatoms. The standard InChI is InChI=1S/C14H23N3S/c1-14(2)4-3-11-12(9-14)18-13(16-11)10-17-7-5-15-6-8-17/h15H,3-10H2,1-2H3. The minimum Gasteiger partial charge on any atom is -0.314 e. The zero-order valence-electron chi connectivity index (χ0n) is 11.5. The molecule has 0 amide bonds. The summed E-state index contributed by atoms with van der Waals surface area (Å²) in [6.45, 7) is 10.4. The number of aryl methyl sites for hydroxylation is 1. The van der Waals surface area contributed by atoms with Gasteiger partial charge in [-0.25, -0.2) is 4.98 Å². The highest BCUT2D eigenvalue weighted by Gasteiger charge is 2.28. The molecule has 100 valence electrons. The maximum absolute atomic E-state index is 4.87. The zero-order chi connectivity index (χ0) is 12.6. The Bertz CT molecular complexity index is 419. The van der Waals surface area contributed by atoms with Crippen molar-refractivity contribution in [3.63, 3.8) is 0 Å². The van der Waals surface area contributed by atoms with Crippen LogP contribution >= 0.6 is 11.3 Å².